The van der Waals surface area contributed by atoms with Gasteiger partial charge < -0.3 is 5.73 Å². The molecule has 0 saturated heterocycles. The molecule has 16 heavy (non-hydrogen) atoms. The van der Waals surface area contributed by atoms with Crippen LogP contribution in [0, 0.1) is 25.2 Å². The largest absolute Gasteiger partial charge is 0.316 e. The number of carbonyl (C=O) groups is 1. The normalized spacial score (nSPS) is 18.5. The molecule has 1 aromatic carbocycles. The maximum atomic E-state index is 11.9. The molecule has 2 N–H and O–H groups in total. The molecule has 1 unspecified atom stereocenters. The van der Waals surface area contributed by atoms with Gasteiger partial charge in [-0.1, -0.05) is 6.07 Å². The van der Waals surface area contributed by atoms with Crippen molar-refractivity contribution in [2.24, 2.45) is 5.73 Å². The molecule has 2 rings (SSSR count). The molecule has 4 heteroatoms. The maximum Gasteiger partial charge on any atom is 0.249 e. The Morgan fingerprint density at radius 2 is 2.19 bits per heavy atom. The van der Waals surface area contributed by atoms with Crippen molar-refractivity contribution >= 4 is 11.6 Å². The van der Waals surface area contributed by atoms with Crippen LogP contribution in [0.2, 0.25) is 0 Å². The number of fused-ring (bicyclic) bond motifs is 1. The van der Waals surface area contributed by atoms with E-state index in [1.807, 2.05) is 32.0 Å². The zero-order valence-corrected chi connectivity index (χ0v) is 9.32. The summed E-state index contributed by atoms with van der Waals surface area (Å²) in [5, 5.41) is 8.71. The van der Waals surface area contributed by atoms with Gasteiger partial charge in [-0.2, -0.15) is 5.26 Å². The van der Waals surface area contributed by atoms with Gasteiger partial charge in [0.15, 0.2) is 0 Å². The van der Waals surface area contributed by atoms with Gasteiger partial charge in [0.1, 0.15) is 12.6 Å². The van der Waals surface area contributed by atoms with E-state index in [1.165, 1.54) is 4.90 Å². The summed E-state index contributed by atoms with van der Waals surface area (Å²) in [4.78, 5) is 13.3. The Bertz CT molecular complexity index is 502. The summed E-state index contributed by atoms with van der Waals surface area (Å²) in [6, 6.07) is 5.28. The summed E-state index contributed by atoms with van der Waals surface area (Å²) in [6.45, 7) is 3.96. The first-order chi connectivity index (χ1) is 7.56. The second-order valence-electron chi connectivity index (χ2n) is 4.07. The molecule has 4 nitrogen and oxygen atoms in total. The summed E-state index contributed by atoms with van der Waals surface area (Å²) in [6.07, 6.45) is 0. The fourth-order valence-corrected chi connectivity index (χ4v) is 2.23. The number of nitrogens with two attached hydrogens (primary N) is 1. The average molecular weight is 215 g/mol. The standard InChI is InChI=1S/C12H13N3O/c1-7-5-8(2)10-9(6-7)15(4-3-13)12(16)11(10)14/h5-6,11H,4,14H2,1-2H3. The van der Waals surface area contributed by atoms with Gasteiger partial charge >= 0.3 is 0 Å². The Kier molecular flexibility index (Phi) is 2.41. The highest BCUT2D eigenvalue weighted by atomic mass is 16.2. The highest BCUT2D eigenvalue weighted by Gasteiger charge is 2.35. The van der Waals surface area contributed by atoms with Crippen LogP contribution in [0.5, 0.6) is 0 Å². The lowest BCUT2D eigenvalue weighted by Crippen LogP contribution is -2.31. The Morgan fingerprint density at radius 3 is 2.81 bits per heavy atom. The van der Waals surface area contributed by atoms with Gasteiger partial charge in [-0.3, -0.25) is 9.69 Å². The van der Waals surface area contributed by atoms with Gasteiger partial charge in [0, 0.05) is 5.56 Å². The van der Waals surface area contributed by atoms with Crippen molar-refractivity contribution in [3.63, 3.8) is 0 Å². The molecule has 1 amide bonds. The Labute approximate surface area is 94.3 Å². The fourth-order valence-electron chi connectivity index (χ4n) is 2.23. The summed E-state index contributed by atoms with van der Waals surface area (Å²) in [5.74, 6) is -0.190. The van der Waals surface area contributed by atoms with E-state index in [4.69, 9.17) is 11.0 Å². The van der Waals surface area contributed by atoms with E-state index in [0.29, 0.717) is 0 Å². The minimum absolute atomic E-state index is 0.0580. The molecule has 0 aromatic heterocycles. The van der Waals surface area contributed by atoms with Gasteiger partial charge in [-0.25, -0.2) is 0 Å². The molecule has 1 aromatic rings. The third kappa shape index (κ3) is 1.37. The van der Waals surface area contributed by atoms with Crippen LogP contribution in [0.4, 0.5) is 5.69 Å². The van der Waals surface area contributed by atoms with E-state index >= 15 is 0 Å². The molecule has 0 radical (unpaired) electrons. The van der Waals surface area contributed by atoms with Gasteiger partial charge in [0.2, 0.25) is 5.91 Å². The van der Waals surface area contributed by atoms with E-state index in [2.05, 4.69) is 0 Å². The lowest BCUT2D eigenvalue weighted by Gasteiger charge is -2.13. The van der Waals surface area contributed by atoms with Crippen LogP contribution in [0.15, 0.2) is 12.1 Å². The number of hydrogen-bond donors (Lipinski definition) is 1. The summed E-state index contributed by atoms with van der Waals surface area (Å²) < 4.78 is 0. The van der Waals surface area contributed by atoms with Gasteiger partial charge in [-0.05, 0) is 31.0 Å². The number of amides is 1. The van der Waals surface area contributed by atoms with Crippen molar-refractivity contribution in [3.05, 3.63) is 28.8 Å². The predicted molar refractivity (Wildman–Crippen MR) is 60.8 cm³/mol. The van der Waals surface area contributed by atoms with Crippen molar-refractivity contribution in [3.8, 4) is 6.07 Å². The molecule has 0 aliphatic carbocycles. The smallest absolute Gasteiger partial charge is 0.249 e. The molecule has 1 aliphatic rings. The number of hydrogen-bond acceptors (Lipinski definition) is 3. The van der Waals surface area contributed by atoms with Crippen LogP contribution in [0.1, 0.15) is 22.7 Å². The molecule has 1 heterocycles. The second kappa shape index (κ2) is 3.62. The van der Waals surface area contributed by atoms with Crippen LogP contribution in [-0.2, 0) is 4.79 Å². The van der Waals surface area contributed by atoms with Crippen molar-refractivity contribution in [2.45, 2.75) is 19.9 Å². The molecule has 0 fully saturated rings. The van der Waals surface area contributed by atoms with E-state index in [9.17, 15) is 4.79 Å². The number of nitriles is 1. The average Bonchev–Trinajstić information content (AvgIpc) is 2.44. The van der Waals surface area contributed by atoms with E-state index in [-0.39, 0.29) is 12.5 Å². The molecule has 1 aliphatic heterocycles. The Balaban J connectivity index is 2.61. The van der Waals surface area contributed by atoms with Crippen molar-refractivity contribution in [2.75, 3.05) is 11.4 Å². The minimum atomic E-state index is -0.621. The van der Waals surface area contributed by atoms with Crippen LogP contribution >= 0.6 is 0 Å². The van der Waals surface area contributed by atoms with Crippen molar-refractivity contribution in [1.29, 1.82) is 5.26 Å². The first-order valence-corrected chi connectivity index (χ1v) is 5.11. The second-order valence-corrected chi connectivity index (χ2v) is 4.07. The van der Waals surface area contributed by atoms with Crippen LogP contribution < -0.4 is 10.6 Å². The molecular formula is C12H13N3O. The van der Waals surface area contributed by atoms with Crippen molar-refractivity contribution < 1.29 is 4.79 Å². The number of nitrogens with zero attached hydrogens (tertiary/aromatic N) is 2. The van der Waals surface area contributed by atoms with Gasteiger partial charge in [-0.15, -0.1) is 0 Å². The van der Waals surface area contributed by atoms with E-state index in [1.54, 1.807) is 0 Å². The number of aryl methyl sites for hydroxylation is 2. The van der Waals surface area contributed by atoms with Crippen LogP contribution in [0.25, 0.3) is 0 Å². The van der Waals surface area contributed by atoms with Crippen molar-refractivity contribution in [1.82, 2.24) is 0 Å². The topological polar surface area (TPSA) is 70.1 Å². The fraction of sp³-hybridized carbons (Fsp3) is 0.333. The Morgan fingerprint density at radius 1 is 1.50 bits per heavy atom. The van der Waals surface area contributed by atoms with Crippen LogP contribution in [0.3, 0.4) is 0 Å². The summed E-state index contributed by atoms with van der Waals surface area (Å²) in [5.41, 5.74) is 9.58. The molecule has 0 bridgehead atoms. The highest BCUT2D eigenvalue weighted by Crippen LogP contribution is 2.37. The predicted octanol–water partition coefficient (Wildman–Crippen LogP) is 1.17. The third-order valence-corrected chi connectivity index (χ3v) is 2.87. The third-order valence-electron chi connectivity index (χ3n) is 2.87. The first-order valence-electron chi connectivity index (χ1n) is 5.11. The van der Waals surface area contributed by atoms with Crippen LogP contribution in [-0.4, -0.2) is 12.5 Å². The molecule has 1 atom stereocenters. The number of rotatable bonds is 1. The van der Waals surface area contributed by atoms with Gasteiger partial charge in [0.25, 0.3) is 0 Å². The summed E-state index contributed by atoms with van der Waals surface area (Å²) in [7, 11) is 0. The molecule has 0 saturated carbocycles. The zero-order valence-electron chi connectivity index (χ0n) is 9.32. The van der Waals surface area contributed by atoms with E-state index < -0.39 is 6.04 Å². The lowest BCUT2D eigenvalue weighted by molar-refractivity contribution is -0.119. The minimum Gasteiger partial charge on any atom is -0.316 e. The number of benzene rings is 1. The quantitative estimate of drug-likeness (QED) is 0.715. The molecular weight excluding hydrogens is 202 g/mol. The molecule has 82 valence electrons. The number of anilines is 1. The highest BCUT2D eigenvalue weighted by molar-refractivity contribution is 6.05. The SMILES string of the molecule is Cc1cc(C)c2c(c1)N(CC#N)C(=O)C2N. The first kappa shape index (κ1) is 10.7. The maximum absolute atomic E-state index is 11.9. The molecule has 0 spiro atoms. The lowest BCUT2D eigenvalue weighted by atomic mass is 10.0. The van der Waals surface area contributed by atoms with Gasteiger partial charge in [0.05, 0.1) is 11.8 Å². The summed E-state index contributed by atoms with van der Waals surface area (Å²) >= 11 is 0. The monoisotopic (exact) mass is 215 g/mol. The zero-order chi connectivity index (χ0) is 11.9. The Hall–Kier alpha value is -1.86. The van der Waals surface area contributed by atoms with E-state index in [0.717, 1.165) is 22.4 Å². The number of carbonyl (C=O) groups excluding carboxylic acids is 1.